The van der Waals surface area contributed by atoms with Gasteiger partial charge in [-0.1, -0.05) is 0 Å². The van der Waals surface area contributed by atoms with Crippen LogP contribution >= 0.6 is 0 Å². The number of aliphatic carboxylic acids is 1. The zero-order valence-electron chi connectivity index (χ0n) is 13.4. The molecule has 7 nitrogen and oxygen atoms in total. The number of carbonyl (C=O) groups is 3. The minimum atomic E-state index is -0.814. The normalized spacial score (nSPS) is 25.9. The number of hydrogen-bond acceptors (Lipinski definition) is 3. The second-order valence-corrected chi connectivity index (χ2v) is 6.85. The molecule has 1 N–H and O–H groups in total. The molecule has 3 aliphatic rings. The molecule has 7 heteroatoms. The SMILES string of the molecule is O=C(O)C1CCN(C(=O)C2CCN(C(=O)N3CCCC3)CC2)C1. The Balaban J connectivity index is 1.48. The lowest BCUT2D eigenvalue weighted by Gasteiger charge is -2.35. The number of likely N-dealkylation sites (tertiary alicyclic amines) is 3. The van der Waals surface area contributed by atoms with Gasteiger partial charge in [0.1, 0.15) is 0 Å². The van der Waals surface area contributed by atoms with E-state index in [1.807, 2.05) is 9.80 Å². The predicted octanol–water partition coefficient (Wildman–Crippen LogP) is 0.847. The first-order valence-corrected chi connectivity index (χ1v) is 8.61. The van der Waals surface area contributed by atoms with E-state index >= 15 is 0 Å². The van der Waals surface area contributed by atoms with Gasteiger partial charge in [-0.3, -0.25) is 9.59 Å². The van der Waals surface area contributed by atoms with Crippen LogP contribution in [-0.4, -0.2) is 77.0 Å². The van der Waals surface area contributed by atoms with Crippen LogP contribution in [-0.2, 0) is 9.59 Å². The fraction of sp³-hybridized carbons (Fsp3) is 0.812. The highest BCUT2D eigenvalue weighted by molar-refractivity contribution is 5.81. The Morgan fingerprint density at radius 3 is 1.83 bits per heavy atom. The lowest BCUT2D eigenvalue weighted by Crippen LogP contribution is -2.48. The lowest BCUT2D eigenvalue weighted by molar-refractivity contribution is -0.141. The largest absolute Gasteiger partial charge is 0.481 e. The predicted molar refractivity (Wildman–Crippen MR) is 82.8 cm³/mol. The monoisotopic (exact) mass is 323 g/mol. The molecule has 0 aromatic heterocycles. The van der Waals surface area contributed by atoms with Gasteiger partial charge in [-0.05, 0) is 32.1 Å². The van der Waals surface area contributed by atoms with Crippen molar-refractivity contribution in [3.05, 3.63) is 0 Å². The van der Waals surface area contributed by atoms with E-state index in [4.69, 9.17) is 5.11 Å². The van der Waals surface area contributed by atoms with Crippen LogP contribution < -0.4 is 0 Å². The zero-order chi connectivity index (χ0) is 16.4. The van der Waals surface area contributed by atoms with Crippen molar-refractivity contribution >= 4 is 17.9 Å². The standard InChI is InChI=1S/C16H25N3O4/c20-14(19-10-5-13(11-19)15(21)22)12-3-8-18(9-4-12)16(23)17-6-1-2-7-17/h12-13H,1-11H2,(H,21,22). The van der Waals surface area contributed by atoms with Crippen molar-refractivity contribution in [2.45, 2.75) is 32.1 Å². The zero-order valence-corrected chi connectivity index (χ0v) is 13.4. The number of hydrogen-bond donors (Lipinski definition) is 1. The summed E-state index contributed by atoms with van der Waals surface area (Å²) in [5.41, 5.74) is 0. The van der Waals surface area contributed by atoms with E-state index in [0.717, 1.165) is 25.9 Å². The van der Waals surface area contributed by atoms with Gasteiger partial charge in [0, 0.05) is 45.2 Å². The van der Waals surface area contributed by atoms with Crippen LogP contribution in [0.3, 0.4) is 0 Å². The second-order valence-electron chi connectivity index (χ2n) is 6.85. The number of carboxylic acids is 1. The third-order valence-electron chi connectivity index (χ3n) is 5.34. The number of amides is 3. The number of carbonyl (C=O) groups excluding carboxylic acids is 2. The Morgan fingerprint density at radius 1 is 0.739 bits per heavy atom. The minimum Gasteiger partial charge on any atom is -0.481 e. The second kappa shape index (κ2) is 6.76. The Hall–Kier alpha value is -1.79. The molecule has 3 heterocycles. The summed E-state index contributed by atoms with van der Waals surface area (Å²) in [5.74, 6) is -1.23. The van der Waals surface area contributed by atoms with Crippen LogP contribution in [0.4, 0.5) is 4.79 Å². The maximum absolute atomic E-state index is 12.5. The van der Waals surface area contributed by atoms with Crippen molar-refractivity contribution in [2.24, 2.45) is 11.8 Å². The van der Waals surface area contributed by atoms with Gasteiger partial charge in [-0.15, -0.1) is 0 Å². The molecule has 0 spiro atoms. The molecule has 0 bridgehead atoms. The van der Waals surface area contributed by atoms with Crippen molar-refractivity contribution in [1.82, 2.24) is 14.7 Å². The quantitative estimate of drug-likeness (QED) is 0.817. The third kappa shape index (κ3) is 3.43. The maximum atomic E-state index is 12.5. The Morgan fingerprint density at radius 2 is 1.26 bits per heavy atom. The summed E-state index contributed by atoms with van der Waals surface area (Å²) in [5, 5.41) is 9.04. The first-order valence-electron chi connectivity index (χ1n) is 8.61. The molecule has 0 aromatic carbocycles. The third-order valence-corrected chi connectivity index (χ3v) is 5.34. The Bertz CT molecular complexity index is 482. The summed E-state index contributed by atoms with van der Waals surface area (Å²) in [6, 6.07) is 0.112. The molecule has 1 unspecified atom stereocenters. The van der Waals surface area contributed by atoms with Crippen molar-refractivity contribution < 1.29 is 19.5 Å². The van der Waals surface area contributed by atoms with Crippen molar-refractivity contribution in [3.8, 4) is 0 Å². The highest BCUT2D eigenvalue weighted by atomic mass is 16.4. The minimum absolute atomic E-state index is 0.0647. The lowest BCUT2D eigenvalue weighted by atomic mass is 9.95. The molecule has 128 valence electrons. The van der Waals surface area contributed by atoms with E-state index in [2.05, 4.69) is 0 Å². The maximum Gasteiger partial charge on any atom is 0.319 e. The molecule has 0 radical (unpaired) electrons. The molecular weight excluding hydrogens is 298 g/mol. The van der Waals surface area contributed by atoms with Crippen molar-refractivity contribution in [2.75, 3.05) is 39.3 Å². The number of carboxylic acid groups (broad SMARTS) is 1. The van der Waals surface area contributed by atoms with Crippen LogP contribution in [0.2, 0.25) is 0 Å². The molecule has 3 amide bonds. The average molecular weight is 323 g/mol. The van der Waals surface area contributed by atoms with Crippen LogP contribution in [0, 0.1) is 11.8 Å². The smallest absolute Gasteiger partial charge is 0.319 e. The fourth-order valence-corrected chi connectivity index (χ4v) is 3.85. The van der Waals surface area contributed by atoms with Crippen molar-refractivity contribution in [1.29, 1.82) is 0 Å². The average Bonchev–Trinajstić information content (AvgIpc) is 3.25. The number of piperidine rings is 1. The summed E-state index contributed by atoms with van der Waals surface area (Å²) >= 11 is 0. The molecule has 3 saturated heterocycles. The summed E-state index contributed by atoms with van der Waals surface area (Å²) in [4.78, 5) is 41.3. The van der Waals surface area contributed by atoms with Crippen LogP contribution in [0.25, 0.3) is 0 Å². The van der Waals surface area contributed by atoms with Gasteiger partial charge in [-0.25, -0.2) is 4.79 Å². The molecular formula is C16H25N3O4. The molecule has 3 rings (SSSR count). The van der Waals surface area contributed by atoms with Gasteiger partial charge in [0.15, 0.2) is 0 Å². The van der Waals surface area contributed by atoms with E-state index in [9.17, 15) is 14.4 Å². The number of urea groups is 1. The molecule has 0 saturated carbocycles. The van der Waals surface area contributed by atoms with Gasteiger partial charge < -0.3 is 19.8 Å². The summed E-state index contributed by atoms with van der Waals surface area (Å²) in [6.45, 7) is 3.83. The molecule has 3 fully saturated rings. The fourth-order valence-electron chi connectivity index (χ4n) is 3.85. The van der Waals surface area contributed by atoms with E-state index < -0.39 is 11.9 Å². The number of nitrogens with zero attached hydrogens (tertiary/aromatic N) is 3. The van der Waals surface area contributed by atoms with E-state index in [1.54, 1.807) is 4.90 Å². The van der Waals surface area contributed by atoms with Gasteiger partial charge in [0.05, 0.1) is 5.92 Å². The molecule has 23 heavy (non-hydrogen) atoms. The summed E-state index contributed by atoms with van der Waals surface area (Å²) in [6.07, 6.45) is 4.09. The Kier molecular flexibility index (Phi) is 4.73. The van der Waals surface area contributed by atoms with E-state index in [1.165, 1.54) is 0 Å². The summed E-state index contributed by atoms with van der Waals surface area (Å²) in [7, 11) is 0. The highest BCUT2D eigenvalue weighted by Crippen LogP contribution is 2.25. The number of rotatable bonds is 2. The van der Waals surface area contributed by atoms with Crippen LogP contribution in [0.5, 0.6) is 0 Å². The molecule has 3 aliphatic heterocycles. The van der Waals surface area contributed by atoms with Crippen molar-refractivity contribution in [3.63, 3.8) is 0 Å². The molecule has 0 aliphatic carbocycles. The highest BCUT2D eigenvalue weighted by Gasteiger charge is 2.36. The summed E-state index contributed by atoms with van der Waals surface area (Å²) < 4.78 is 0. The van der Waals surface area contributed by atoms with Crippen LogP contribution in [0.15, 0.2) is 0 Å². The van der Waals surface area contributed by atoms with E-state index in [0.29, 0.717) is 45.4 Å². The van der Waals surface area contributed by atoms with Gasteiger partial charge in [-0.2, -0.15) is 0 Å². The Labute approximate surface area is 136 Å². The first-order chi connectivity index (χ1) is 11.1. The first kappa shape index (κ1) is 16.1. The van der Waals surface area contributed by atoms with Gasteiger partial charge >= 0.3 is 12.0 Å². The topological polar surface area (TPSA) is 81.2 Å². The van der Waals surface area contributed by atoms with Gasteiger partial charge in [0.25, 0.3) is 0 Å². The van der Waals surface area contributed by atoms with Gasteiger partial charge in [0.2, 0.25) is 5.91 Å². The van der Waals surface area contributed by atoms with Crippen LogP contribution in [0.1, 0.15) is 32.1 Å². The molecule has 1 atom stereocenters. The van der Waals surface area contributed by atoms with E-state index in [-0.39, 0.29) is 17.9 Å². The molecule has 0 aromatic rings.